The molecule has 0 saturated carbocycles. The number of rotatable bonds is 1. The Balaban J connectivity index is 2.42. The molecule has 0 bridgehead atoms. The summed E-state index contributed by atoms with van der Waals surface area (Å²) in [6.45, 7) is 0. The molecule has 0 fully saturated rings. The van der Waals surface area contributed by atoms with Crippen LogP contribution in [0, 0.1) is 6.07 Å². The molecule has 2 aromatic rings. The molecule has 0 heterocycles. The summed E-state index contributed by atoms with van der Waals surface area (Å²) in [5.41, 5.74) is 2.33. The van der Waals surface area contributed by atoms with Crippen LogP contribution in [0.2, 0.25) is 0 Å². The van der Waals surface area contributed by atoms with E-state index in [1.165, 1.54) is 5.56 Å². The molecule has 1 radical (unpaired) electrons. The Bertz CT molecular complexity index is 376. The highest BCUT2D eigenvalue weighted by atomic mass is 79.9. The van der Waals surface area contributed by atoms with Crippen molar-refractivity contribution >= 4 is 15.9 Å². The molecule has 1 heteroatoms. The Morgan fingerprint density at radius 2 is 1.69 bits per heavy atom. The van der Waals surface area contributed by atoms with Crippen LogP contribution in [0.3, 0.4) is 0 Å². The topological polar surface area (TPSA) is 0 Å². The van der Waals surface area contributed by atoms with Crippen LogP contribution in [0.5, 0.6) is 0 Å². The number of hydrogen-bond acceptors (Lipinski definition) is 0. The van der Waals surface area contributed by atoms with Crippen molar-refractivity contribution in [3.05, 3.63) is 59.1 Å². The van der Waals surface area contributed by atoms with Crippen LogP contribution in [0.15, 0.2) is 53.0 Å². The van der Waals surface area contributed by atoms with Crippen molar-refractivity contribution in [1.29, 1.82) is 0 Å². The number of hydrogen-bond donors (Lipinski definition) is 0. The normalized spacial score (nSPS) is 9.92. The maximum absolute atomic E-state index is 3.41. The highest BCUT2D eigenvalue weighted by Crippen LogP contribution is 2.20. The molecule has 0 N–H and O–H groups in total. The second kappa shape index (κ2) is 3.75. The van der Waals surface area contributed by atoms with Gasteiger partial charge in [0.1, 0.15) is 0 Å². The average molecular weight is 232 g/mol. The first-order valence-electron chi connectivity index (χ1n) is 4.09. The van der Waals surface area contributed by atoms with Crippen LogP contribution >= 0.6 is 15.9 Å². The first-order valence-corrected chi connectivity index (χ1v) is 4.88. The van der Waals surface area contributed by atoms with Gasteiger partial charge in [-0.15, -0.1) is 0 Å². The molecule has 0 aliphatic carbocycles. The Labute approximate surface area is 86.4 Å². The van der Waals surface area contributed by atoms with E-state index in [0.717, 1.165) is 10.0 Å². The van der Waals surface area contributed by atoms with Crippen LogP contribution in [0.25, 0.3) is 11.1 Å². The molecule has 0 spiro atoms. The molecule has 0 saturated heterocycles. The summed E-state index contributed by atoms with van der Waals surface area (Å²) in [5, 5.41) is 0. The summed E-state index contributed by atoms with van der Waals surface area (Å²) in [6, 6.07) is 19.4. The highest BCUT2D eigenvalue weighted by Gasteiger charge is 1.94. The fraction of sp³-hybridized carbons (Fsp3) is 0. The van der Waals surface area contributed by atoms with Gasteiger partial charge in [0.05, 0.1) is 0 Å². The van der Waals surface area contributed by atoms with Crippen LogP contribution in [-0.4, -0.2) is 0 Å². The van der Waals surface area contributed by atoms with Gasteiger partial charge in [0, 0.05) is 4.47 Å². The lowest BCUT2D eigenvalue weighted by Crippen LogP contribution is -1.75. The molecule has 0 aliphatic heterocycles. The lowest BCUT2D eigenvalue weighted by atomic mass is 10.1. The third-order valence-electron chi connectivity index (χ3n) is 1.86. The molecule has 0 unspecified atom stereocenters. The zero-order valence-electron chi connectivity index (χ0n) is 7.00. The summed E-state index contributed by atoms with van der Waals surface area (Å²) in [4.78, 5) is 0. The summed E-state index contributed by atoms with van der Waals surface area (Å²) in [6.07, 6.45) is 0. The van der Waals surface area contributed by atoms with Gasteiger partial charge in [0.2, 0.25) is 0 Å². The zero-order valence-corrected chi connectivity index (χ0v) is 8.58. The van der Waals surface area contributed by atoms with Gasteiger partial charge in [-0.2, -0.15) is 0 Å². The van der Waals surface area contributed by atoms with E-state index < -0.39 is 0 Å². The maximum atomic E-state index is 3.41. The fourth-order valence-electron chi connectivity index (χ4n) is 1.20. The Morgan fingerprint density at radius 1 is 0.923 bits per heavy atom. The SMILES string of the molecule is Brc1ccc(-c2[c]cccc2)cc1. The molecule has 13 heavy (non-hydrogen) atoms. The standard InChI is InChI=1S/C12H8Br/c13-12-8-6-11(7-9-12)10-4-2-1-3-5-10/h1-4,6-9H. The van der Waals surface area contributed by atoms with Crippen LogP contribution in [0.1, 0.15) is 0 Å². The molecule has 0 amide bonds. The molecule has 63 valence electrons. The van der Waals surface area contributed by atoms with Gasteiger partial charge in [-0.05, 0) is 29.3 Å². The second-order valence-corrected chi connectivity index (χ2v) is 3.70. The molecule has 0 nitrogen and oxygen atoms in total. The predicted octanol–water partition coefficient (Wildman–Crippen LogP) is 3.92. The van der Waals surface area contributed by atoms with Crippen molar-refractivity contribution in [2.45, 2.75) is 0 Å². The minimum atomic E-state index is 1.10. The van der Waals surface area contributed by atoms with E-state index >= 15 is 0 Å². The van der Waals surface area contributed by atoms with Gasteiger partial charge in [-0.1, -0.05) is 52.3 Å². The lowest BCUT2D eigenvalue weighted by Gasteiger charge is -1.99. The van der Waals surface area contributed by atoms with E-state index in [9.17, 15) is 0 Å². The summed E-state index contributed by atoms with van der Waals surface area (Å²) in [5.74, 6) is 0. The summed E-state index contributed by atoms with van der Waals surface area (Å²) in [7, 11) is 0. The van der Waals surface area contributed by atoms with Gasteiger partial charge in [0.25, 0.3) is 0 Å². The van der Waals surface area contributed by atoms with Crippen LogP contribution in [-0.2, 0) is 0 Å². The van der Waals surface area contributed by atoms with E-state index in [1.807, 2.05) is 30.3 Å². The van der Waals surface area contributed by atoms with Crippen molar-refractivity contribution in [2.24, 2.45) is 0 Å². The minimum Gasteiger partial charge on any atom is -0.0616 e. The third kappa shape index (κ3) is 1.99. The summed E-state index contributed by atoms with van der Waals surface area (Å²) < 4.78 is 1.10. The third-order valence-corrected chi connectivity index (χ3v) is 2.39. The van der Waals surface area contributed by atoms with Gasteiger partial charge in [0.15, 0.2) is 0 Å². The van der Waals surface area contributed by atoms with Gasteiger partial charge in [-0.3, -0.25) is 0 Å². The molecule has 0 aromatic heterocycles. The van der Waals surface area contributed by atoms with Crippen molar-refractivity contribution in [3.63, 3.8) is 0 Å². The molecule has 0 aliphatic rings. The molecule has 2 aromatic carbocycles. The van der Waals surface area contributed by atoms with Gasteiger partial charge >= 0.3 is 0 Å². The monoisotopic (exact) mass is 231 g/mol. The van der Waals surface area contributed by atoms with E-state index in [1.54, 1.807) is 0 Å². The maximum Gasteiger partial charge on any atom is 0.0175 e. The zero-order chi connectivity index (χ0) is 9.10. The van der Waals surface area contributed by atoms with Gasteiger partial charge < -0.3 is 0 Å². The van der Waals surface area contributed by atoms with E-state index in [-0.39, 0.29) is 0 Å². The highest BCUT2D eigenvalue weighted by molar-refractivity contribution is 9.10. The van der Waals surface area contributed by atoms with Crippen LogP contribution < -0.4 is 0 Å². The Morgan fingerprint density at radius 3 is 2.31 bits per heavy atom. The fourth-order valence-corrected chi connectivity index (χ4v) is 1.47. The molecular weight excluding hydrogens is 224 g/mol. The smallest absolute Gasteiger partial charge is 0.0175 e. The first-order chi connectivity index (χ1) is 6.36. The quantitative estimate of drug-likeness (QED) is 0.699. The van der Waals surface area contributed by atoms with E-state index in [4.69, 9.17) is 0 Å². The average Bonchev–Trinajstić information content (AvgIpc) is 2.20. The second-order valence-electron chi connectivity index (χ2n) is 2.78. The largest absolute Gasteiger partial charge is 0.0616 e. The molecular formula is C12H8Br. The van der Waals surface area contributed by atoms with Gasteiger partial charge in [-0.25, -0.2) is 0 Å². The Hall–Kier alpha value is -1.08. The van der Waals surface area contributed by atoms with Crippen molar-refractivity contribution in [2.75, 3.05) is 0 Å². The summed E-state index contributed by atoms with van der Waals surface area (Å²) >= 11 is 3.41. The van der Waals surface area contributed by atoms with Crippen molar-refractivity contribution < 1.29 is 0 Å². The van der Waals surface area contributed by atoms with E-state index in [2.05, 4.69) is 40.2 Å². The van der Waals surface area contributed by atoms with Crippen LogP contribution in [0.4, 0.5) is 0 Å². The van der Waals surface area contributed by atoms with Crippen molar-refractivity contribution in [3.8, 4) is 11.1 Å². The lowest BCUT2D eigenvalue weighted by molar-refractivity contribution is 1.59. The van der Waals surface area contributed by atoms with E-state index in [0.29, 0.717) is 0 Å². The Kier molecular flexibility index (Phi) is 2.46. The number of halogens is 1. The van der Waals surface area contributed by atoms with Crippen molar-refractivity contribution in [1.82, 2.24) is 0 Å². The molecule has 2 rings (SSSR count). The predicted molar refractivity (Wildman–Crippen MR) is 58.4 cm³/mol. The molecule has 0 atom stereocenters. The first kappa shape index (κ1) is 8.52. The minimum absolute atomic E-state index is 1.10. The number of benzene rings is 2.